The lowest BCUT2D eigenvalue weighted by Crippen LogP contribution is -2.43. The molecule has 1 aromatic carbocycles. The van der Waals surface area contributed by atoms with Crippen LogP contribution in [0.5, 0.6) is 0 Å². The third-order valence-corrected chi connectivity index (χ3v) is 3.92. The van der Waals surface area contributed by atoms with Crippen LogP contribution >= 0.6 is 15.9 Å². The molecule has 1 fully saturated rings. The highest BCUT2D eigenvalue weighted by atomic mass is 79.9. The summed E-state index contributed by atoms with van der Waals surface area (Å²) in [4.78, 5) is 2.30. The number of aliphatic hydroxyl groups excluding tert-OH is 2. The fraction of sp³-hybridized carbons (Fsp3) is 0.571. The maximum absolute atomic E-state index is 10.1. The predicted molar refractivity (Wildman–Crippen MR) is 80.9 cm³/mol. The quantitative estimate of drug-likeness (QED) is 0.713. The number of anilines is 1. The molecule has 106 valence electrons. The van der Waals surface area contributed by atoms with Gasteiger partial charge in [0.15, 0.2) is 0 Å². The Morgan fingerprint density at radius 3 is 2.68 bits per heavy atom. The molecule has 3 N–H and O–H groups in total. The summed E-state index contributed by atoms with van der Waals surface area (Å²) in [6.07, 6.45) is -1.00. The van der Waals surface area contributed by atoms with E-state index in [-0.39, 0.29) is 0 Å². The highest BCUT2D eigenvalue weighted by molar-refractivity contribution is 9.09. The second-order valence-corrected chi connectivity index (χ2v) is 5.61. The van der Waals surface area contributed by atoms with Gasteiger partial charge in [-0.15, -0.1) is 0 Å². The van der Waals surface area contributed by atoms with Gasteiger partial charge in [0, 0.05) is 37.2 Å². The smallest absolute Gasteiger partial charge is 0.105 e. The first-order valence-corrected chi connectivity index (χ1v) is 7.82. The molecule has 1 heterocycles. The van der Waals surface area contributed by atoms with Gasteiger partial charge in [-0.2, -0.15) is 0 Å². The summed E-state index contributed by atoms with van der Waals surface area (Å²) in [7, 11) is 0. The lowest BCUT2D eigenvalue weighted by molar-refractivity contribution is 0.0174. The molecule has 0 bridgehead atoms. The van der Waals surface area contributed by atoms with E-state index in [9.17, 15) is 10.2 Å². The molecule has 0 aliphatic carbocycles. The van der Waals surface area contributed by atoms with E-state index in [4.69, 9.17) is 0 Å². The molecule has 2 unspecified atom stereocenters. The molecule has 5 heteroatoms. The van der Waals surface area contributed by atoms with E-state index in [0.29, 0.717) is 11.8 Å². The van der Waals surface area contributed by atoms with E-state index in [1.165, 1.54) is 0 Å². The summed E-state index contributed by atoms with van der Waals surface area (Å²) in [5.74, 6) is 0. The minimum Gasteiger partial charge on any atom is -0.390 e. The van der Waals surface area contributed by atoms with Crippen LogP contribution < -0.4 is 10.2 Å². The Kier molecular flexibility index (Phi) is 5.63. The van der Waals surface area contributed by atoms with Gasteiger partial charge in [0.2, 0.25) is 0 Å². The Labute approximate surface area is 122 Å². The second kappa shape index (κ2) is 7.24. The maximum Gasteiger partial charge on any atom is 0.105 e. The van der Waals surface area contributed by atoms with Crippen LogP contribution in [0.25, 0.3) is 0 Å². The van der Waals surface area contributed by atoms with Gasteiger partial charge in [-0.1, -0.05) is 28.1 Å². The molecule has 2 atom stereocenters. The topological polar surface area (TPSA) is 55.7 Å². The van der Waals surface area contributed by atoms with Gasteiger partial charge in [-0.25, -0.2) is 0 Å². The van der Waals surface area contributed by atoms with Crippen molar-refractivity contribution in [1.82, 2.24) is 5.32 Å². The number of hydrogen-bond donors (Lipinski definition) is 3. The standard InChI is InChI=1S/C14H21BrN2O2/c15-5-4-13(18)14(19)11-2-1-3-12(10-11)17-8-6-16-7-9-17/h1-3,10,13-14,16,18-19H,4-9H2. The third-order valence-electron chi connectivity index (χ3n) is 3.46. The van der Waals surface area contributed by atoms with Crippen molar-refractivity contribution in [1.29, 1.82) is 0 Å². The van der Waals surface area contributed by atoms with Crippen molar-refractivity contribution in [3.05, 3.63) is 29.8 Å². The molecular formula is C14H21BrN2O2. The highest BCUT2D eigenvalue weighted by Crippen LogP contribution is 2.24. The molecular weight excluding hydrogens is 308 g/mol. The Hall–Kier alpha value is -0.620. The van der Waals surface area contributed by atoms with Crippen LogP contribution in [-0.4, -0.2) is 47.8 Å². The van der Waals surface area contributed by atoms with E-state index >= 15 is 0 Å². The first-order valence-electron chi connectivity index (χ1n) is 6.70. The fourth-order valence-corrected chi connectivity index (χ4v) is 2.79. The van der Waals surface area contributed by atoms with Crippen LogP contribution in [0.3, 0.4) is 0 Å². The van der Waals surface area contributed by atoms with E-state index in [0.717, 1.165) is 37.4 Å². The Balaban J connectivity index is 2.09. The van der Waals surface area contributed by atoms with Crippen molar-refractivity contribution >= 4 is 21.6 Å². The van der Waals surface area contributed by atoms with Gasteiger partial charge >= 0.3 is 0 Å². The zero-order valence-electron chi connectivity index (χ0n) is 10.9. The SMILES string of the molecule is OC(CCBr)C(O)c1cccc(N2CCNCC2)c1. The van der Waals surface area contributed by atoms with E-state index in [1.807, 2.05) is 18.2 Å². The molecule has 1 aliphatic rings. The minimum absolute atomic E-state index is 0.541. The van der Waals surface area contributed by atoms with Crippen LogP contribution in [0.2, 0.25) is 0 Å². The van der Waals surface area contributed by atoms with Crippen molar-refractivity contribution in [2.24, 2.45) is 0 Å². The molecule has 0 spiro atoms. The molecule has 4 nitrogen and oxygen atoms in total. The predicted octanol–water partition coefficient (Wildman–Crippen LogP) is 1.28. The van der Waals surface area contributed by atoms with Gasteiger partial charge in [0.25, 0.3) is 0 Å². The molecule has 0 amide bonds. The summed E-state index contributed by atoms with van der Waals surface area (Å²) in [5.41, 5.74) is 1.90. The summed E-state index contributed by atoms with van der Waals surface area (Å²) < 4.78 is 0. The average Bonchev–Trinajstić information content (AvgIpc) is 2.48. The number of rotatable bonds is 5. The van der Waals surface area contributed by atoms with Crippen LogP contribution in [0, 0.1) is 0 Å². The van der Waals surface area contributed by atoms with Crippen molar-refractivity contribution < 1.29 is 10.2 Å². The fourth-order valence-electron chi connectivity index (χ4n) is 2.32. The Morgan fingerprint density at radius 2 is 2.00 bits per heavy atom. The van der Waals surface area contributed by atoms with Gasteiger partial charge in [0.05, 0.1) is 6.10 Å². The zero-order chi connectivity index (χ0) is 13.7. The van der Waals surface area contributed by atoms with E-state index < -0.39 is 12.2 Å². The molecule has 1 saturated heterocycles. The summed E-state index contributed by atoms with van der Waals surface area (Å²) >= 11 is 3.28. The normalized spacial score (nSPS) is 19.2. The monoisotopic (exact) mass is 328 g/mol. The van der Waals surface area contributed by atoms with Crippen LogP contribution in [0.1, 0.15) is 18.1 Å². The number of benzene rings is 1. The second-order valence-electron chi connectivity index (χ2n) is 4.82. The summed E-state index contributed by atoms with van der Waals surface area (Å²) in [5, 5.41) is 24.0. The number of halogens is 1. The van der Waals surface area contributed by atoms with Crippen LogP contribution in [0.4, 0.5) is 5.69 Å². The van der Waals surface area contributed by atoms with Crippen molar-refractivity contribution in [3.8, 4) is 0 Å². The number of nitrogens with one attached hydrogen (secondary N) is 1. The number of hydrogen-bond acceptors (Lipinski definition) is 4. The summed E-state index contributed by atoms with van der Waals surface area (Å²) in [6.45, 7) is 3.92. The molecule has 1 aromatic rings. The molecule has 0 radical (unpaired) electrons. The first kappa shape index (κ1) is 14.8. The van der Waals surface area contributed by atoms with Gasteiger partial charge in [-0.3, -0.25) is 0 Å². The minimum atomic E-state index is -0.819. The summed E-state index contributed by atoms with van der Waals surface area (Å²) in [6, 6.07) is 7.84. The van der Waals surface area contributed by atoms with Gasteiger partial charge < -0.3 is 20.4 Å². The molecule has 0 saturated carbocycles. The average molecular weight is 329 g/mol. The van der Waals surface area contributed by atoms with Gasteiger partial charge in [-0.05, 0) is 24.1 Å². The third kappa shape index (κ3) is 3.92. The highest BCUT2D eigenvalue weighted by Gasteiger charge is 2.19. The number of piperazine rings is 1. The molecule has 1 aliphatic heterocycles. The van der Waals surface area contributed by atoms with Crippen molar-refractivity contribution in [2.45, 2.75) is 18.6 Å². The largest absolute Gasteiger partial charge is 0.390 e. The number of aliphatic hydroxyl groups is 2. The first-order chi connectivity index (χ1) is 9.22. The lowest BCUT2D eigenvalue weighted by atomic mass is 10.0. The lowest BCUT2D eigenvalue weighted by Gasteiger charge is -2.30. The van der Waals surface area contributed by atoms with Crippen LogP contribution in [0.15, 0.2) is 24.3 Å². The van der Waals surface area contributed by atoms with E-state index in [1.54, 1.807) is 0 Å². The molecule has 19 heavy (non-hydrogen) atoms. The van der Waals surface area contributed by atoms with E-state index in [2.05, 4.69) is 32.2 Å². The van der Waals surface area contributed by atoms with Crippen LogP contribution in [-0.2, 0) is 0 Å². The van der Waals surface area contributed by atoms with Gasteiger partial charge in [0.1, 0.15) is 6.10 Å². The Bertz CT molecular complexity index is 397. The number of alkyl halides is 1. The molecule has 0 aromatic heterocycles. The maximum atomic E-state index is 10.1. The Morgan fingerprint density at radius 1 is 1.26 bits per heavy atom. The molecule has 2 rings (SSSR count). The van der Waals surface area contributed by atoms with Crippen molar-refractivity contribution in [2.75, 3.05) is 36.4 Å². The zero-order valence-corrected chi connectivity index (χ0v) is 12.5. The van der Waals surface area contributed by atoms with Crippen molar-refractivity contribution in [3.63, 3.8) is 0 Å². The number of nitrogens with zero attached hydrogens (tertiary/aromatic N) is 1.